The molecular weight excluding hydrogens is 378 g/mol. The summed E-state index contributed by atoms with van der Waals surface area (Å²) in [7, 11) is 3.28. The summed E-state index contributed by atoms with van der Waals surface area (Å²) in [5.74, 6) is 1.49. The first-order valence-corrected chi connectivity index (χ1v) is 10.2. The molecule has 4 rings (SSSR count). The third-order valence-electron chi connectivity index (χ3n) is 5.90. The summed E-state index contributed by atoms with van der Waals surface area (Å²) in [5.41, 5.74) is 4.60. The molecule has 0 bridgehead atoms. The zero-order valence-electron chi connectivity index (χ0n) is 17.9. The molecule has 0 N–H and O–H groups in total. The topological polar surface area (TPSA) is 56.6 Å². The average molecular weight is 405 g/mol. The van der Waals surface area contributed by atoms with E-state index >= 15 is 0 Å². The van der Waals surface area contributed by atoms with E-state index in [1.54, 1.807) is 20.4 Å². The summed E-state index contributed by atoms with van der Waals surface area (Å²) < 4.78 is 12.8. The lowest BCUT2D eigenvalue weighted by atomic mass is 10.0. The van der Waals surface area contributed by atoms with Crippen molar-refractivity contribution >= 4 is 5.91 Å². The van der Waals surface area contributed by atoms with Gasteiger partial charge in [-0.2, -0.15) is 5.10 Å². The molecule has 0 spiro atoms. The number of amides is 1. The molecule has 6 heteroatoms. The molecule has 0 aliphatic carbocycles. The van der Waals surface area contributed by atoms with Crippen LogP contribution in [0.2, 0.25) is 0 Å². The summed E-state index contributed by atoms with van der Waals surface area (Å²) >= 11 is 0. The maximum absolute atomic E-state index is 13.5. The van der Waals surface area contributed by atoms with E-state index in [1.807, 2.05) is 65.9 Å². The quantitative estimate of drug-likeness (QED) is 0.628. The van der Waals surface area contributed by atoms with Gasteiger partial charge in [0, 0.05) is 18.2 Å². The Hall–Kier alpha value is -3.28. The standard InChI is InChI=1S/C24H27N3O3/c1-16-8-5-6-9-21(16)27-17(2)20(15-25-27)24(28)26-13-7-10-22(26)19-12-11-18(29-3)14-23(19)30-4/h5-6,8-9,11-12,14-15,22H,7,10,13H2,1-4H3. The van der Waals surface area contributed by atoms with Crippen molar-refractivity contribution in [1.29, 1.82) is 0 Å². The van der Waals surface area contributed by atoms with Crippen LogP contribution in [0.3, 0.4) is 0 Å². The van der Waals surface area contributed by atoms with Gasteiger partial charge in [0.15, 0.2) is 0 Å². The van der Waals surface area contributed by atoms with Gasteiger partial charge in [0.25, 0.3) is 5.91 Å². The molecule has 3 aromatic rings. The summed E-state index contributed by atoms with van der Waals surface area (Å²) in [5, 5.41) is 4.52. The van der Waals surface area contributed by atoms with Crippen molar-refractivity contribution in [3.05, 3.63) is 71.0 Å². The number of hydrogen-bond acceptors (Lipinski definition) is 4. The number of aryl methyl sites for hydroxylation is 1. The van der Waals surface area contributed by atoms with Crippen molar-refractivity contribution < 1.29 is 14.3 Å². The Balaban J connectivity index is 1.66. The maximum Gasteiger partial charge on any atom is 0.257 e. The van der Waals surface area contributed by atoms with Gasteiger partial charge < -0.3 is 14.4 Å². The fourth-order valence-electron chi connectivity index (χ4n) is 4.25. The van der Waals surface area contributed by atoms with Gasteiger partial charge in [0.1, 0.15) is 11.5 Å². The highest BCUT2D eigenvalue weighted by atomic mass is 16.5. The van der Waals surface area contributed by atoms with Crippen molar-refractivity contribution in [1.82, 2.24) is 14.7 Å². The number of nitrogens with zero attached hydrogens (tertiary/aromatic N) is 3. The van der Waals surface area contributed by atoms with Crippen molar-refractivity contribution in [3.8, 4) is 17.2 Å². The number of hydrogen-bond donors (Lipinski definition) is 0. The number of methoxy groups -OCH3 is 2. The second-order valence-corrected chi connectivity index (χ2v) is 7.61. The minimum Gasteiger partial charge on any atom is -0.497 e. The minimum absolute atomic E-state index is 0.00713. The highest BCUT2D eigenvalue weighted by molar-refractivity contribution is 5.95. The first kappa shape index (κ1) is 20.0. The maximum atomic E-state index is 13.5. The number of benzene rings is 2. The predicted molar refractivity (Wildman–Crippen MR) is 116 cm³/mol. The number of rotatable bonds is 5. The molecule has 6 nitrogen and oxygen atoms in total. The molecule has 1 aliphatic heterocycles. The largest absolute Gasteiger partial charge is 0.497 e. The van der Waals surface area contributed by atoms with Crippen molar-refractivity contribution in [2.75, 3.05) is 20.8 Å². The Morgan fingerprint density at radius 1 is 1.10 bits per heavy atom. The molecule has 1 unspecified atom stereocenters. The van der Waals surface area contributed by atoms with Gasteiger partial charge in [-0.3, -0.25) is 4.79 Å². The molecule has 2 aromatic carbocycles. The normalized spacial score (nSPS) is 16.0. The summed E-state index contributed by atoms with van der Waals surface area (Å²) in [6.45, 7) is 4.71. The fourth-order valence-corrected chi connectivity index (χ4v) is 4.25. The second kappa shape index (κ2) is 8.22. The van der Waals surface area contributed by atoms with Gasteiger partial charge in [0.2, 0.25) is 0 Å². The predicted octanol–water partition coefficient (Wildman–Crippen LogP) is 4.48. The SMILES string of the molecule is COc1ccc(C2CCCN2C(=O)c2cnn(-c3ccccc3C)c2C)c(OC)c1. The van der Waals surface area contributed by atoms with Crippen molar-refractivity contribution in [3.63, 3.8) is 0 Å². The van der Waals surface area contributed by atoms with E-state index in [4.69, 9.17) is 9.47 Å². The van der Waals surface area contributed by atoms with Crippen LogP contribution in [0.25, 0.3) is 5.69 Å². The Labute approximate surface area is 177 Å². The van der Waals surface area contributed by atoms with Crippen LogP contribution in [0.5, 0.6) is 11.5 Å². The summed E-state index contributed by atoms with van der Waals surface area (Å²) in [4.78, 5) is 15.5. The molecule has 30 heavy (non-hydrogen) atoms. The Kier molecular flexibility index (Phi) is 5.48. The first-order chi connectivity index (χ1) is 14.5. The fraction of sp³-hybridized carbons (Fsp3) is 0.333. The zero-order valence-corrected chi connectivity index (χ0v) is 17.9. The first-order valence-electron chi connectivity index (χ1n) is 10.2. The smallest absolute Gasteiger partial charge is 0.257 e. The van der Waals surface area contributed by atoms with Gasteiger partial charge in [0.05, 0.1) is 43.4 Å². The summed E-state index contributed by atoms with van der Waals surface area (Å²) in [6.07, 6.45) is 3.54. The van der Waals surface area contributed by atoms with E-state index in [-0.39, 0.29) is 11.9 Å². The third kappa shape index (κ3) is 3.43. The third-order valence-corrected chi connectivity index (χ3v) is 5.90. The number of aromatic nitrogens is 2. The molecular formula is C24H27N3O3. The highest BCUT2D eigenvalue weighted by Gasteiger charge is 2.34. The monoisotopic (exact) mass is 405 g/mol. The van der Waals surface area contributed by atoms with Gasteiger partial charge in [-0.25, -0.2) is 4.68 Å². The summed E-state index contributed by atoms with van der Waals surface area (Å²) in [6, 6.07) is 13.8. The second-order valence-electron chi connectivity index (χ2n) is 7.61. The lowest BCUT2D eigenvalue weighted by molar-refractivity contribution is 0.0733. The Morgan fingerprint density at radius 3 is 2.63 bits per heavy atom. The Bertz CT molecular complexity index is 1070. The van der Waals surface area contributed by atoms with E-state index in [2.05, 4.69) is 5.10 Å². The number of carbonyl (C=O) groups excluding carboxylic acids is 1. The average Bonchev–Trinajstić information content (AvgIpc) is 3.40. The van der Waals surface area contributed by atoms with Crippen LogP contribution in [0.1, 0.15) is 46.1 Å². The molecule has 1 atom stereocenters. The van der Waals surface area contributed by atoms with Crippen LogP contribution in [0.4, 0.5) is 0 Å². The van der Waals surface area contributed by atoms with Crippen LogP contribution in [-0.4, -0.2) is 41.4 Å². The number of carbonyl (C=O) groups is 1. The molecule has 156 valence electrons. The number of ether oxygens (including phenoxy) is 2. The van der Waals surface area contributed by atoms with Crippen LogP contribution in [-0.2, 0) is 0 Å². The van der Waals surface area contributed by atoms with Crippen LogP contribution >= 0.6 is 0 Å². The van der Waals surface area contributed by atoms with Crippen LogP contribution in [0.15, 0.2) is 48.7 Å². The van der Waals surface area contributed by atoms with Gasteiger partial charge >= 0.3 is 0 Å². The molecule has 0 saturated carbocycles. The van der Waals surface area contributed by atoms with Gasteiger partial charge in [-0.15, -0.1) is 0 Å². The molecule has 1 amide bonds. The Morgan fingerprint density at radius 2 is 1.90 bits per heavy atom. The number of para-hydroxylation sites is 1. The van der Waals surface area contributed by atoms with Crippen molar-refractivity contribution in [2.24, 2.45) is 0 Å². The lowest BCUT2D eigenvalue weighted by Crippen LogP contribution is -2.31. The molecule has 1 aliphatic rings. The van der Waals surface area contributed by atoms with Crippen LogP contribution in [0, 0.1) is 13.8 Å². The molecule has 2 heterocycles. The molecule has 1 aromatic heterocycles. The molecule has 0 radical (unpaired) electrons. The van der Waals surface area contributed by atoms with E-state index in [0.717, 1.165) is 46.8 Å². The van der Waals surface area contributed by atoms with E-state index in [1.165, 1.54) is 0 Å². The van der Waals surface area contributed by atoms with Gasteiger partial charge in [-0.1, -0.05) is 18.2 Å². The van der Waals surface area contributed by atoms with E-state index in [9.17, 15) is 4.79 Å². The minimum atomic E-state index is -0.0282. The lowest BCUT2D eigenvalue weighted by Gasteiger charge is -2.26. The molecule has 1 fully saturated rings. The van der Waals surface area contributed by atoms with Crippen molar-refractivity contribution in [2.45, 2.75) is 32.7 Å². The highest BCUT2D eigenvalue weighted by Crippen LogP contribution is 2.39. The van der Waals surface area contributed by atoms with Gasteiger partial charge in [-0.05, 0) is 50.5 Å². The zero-order chi connectivity index (χ0) is 21.3. The molecule has 1 saturated heterocycles. The number of likely N-dealkylation sites (tertiary alicyclic amines) is 1. The van der Waals surface area contributed by atoms with E-state index < -0.39 is 0 Å². The van der Waals surface area contributed by atoms with Crippen LogP contribution < -0.4 is 9.47 Å². The van der Waals surface area contributed by atoms with E-state index in [0.29, 0.717) is 12.1 Å².